The van der Waals surface area contributed by atoms with Crippen molar-refractivity contribution in [1.29, 1.82) is 0 Å². The largest absolute Gasteiger partial charge is 0.496 e. The summed E-state index contributed by atoms with van der Waals surface area (Å²) in [7, 11) is 5.61. The lowest BCUT2D eigenvalue weighted by Crippen LogP contribution is -2.38. The maximum absolute atomic E-state index is 12.8. The van der Waals surface area contributed by atoms with Gasteiger partial charge in [0, 0.05) is 31.6 Å². The first-order valence-corrected chi connectivity index (χ1v) is 10.3. The molecule has 2 unspecified atom stereocenters. The Bertz CT molecular complexity index is 880. The van der Waals surface area contributed by atoms with Gasteiger partial charge in [0.15, 0.2) is 0 Å². The van der Waals surface area contributed by atoms with Gasteiger partial charge in [-0.25, -0.2) is 0 Å². The summed E-state index contributed by atoms with van der Waals surface area (Å²) < 4.78 is 5.48. The number of likely N-dealkylation sites (N-methyl/N-ethyl adjacent to an activating group) is 1. The Hall–Kier alpha value is -2.86. The van der Waals surface area contributed by atoms with Crippen LogP contribution in [0.15, 0.2) is 48.5 Å². The van der Waals surface area contributed by atoms with E-state index in [2.05, 4.69) is 10.2 Å². The Labute approximate surface area is 178 Å². The number of benzene rings is 2. The van der Waals surface area contributed by atoms with E-state index in [1.165, 1.54) is 5.56 Å². The van der Waals surface area contributed by atoms with Crippen LogP contribution in [0.1, 0.15) is 29.2 Å². The number of carbonyl (C=O) groups is 2. The van der Waals surface area contributed by atoms with Crippen LogP contribution in [-0.2, 0) is 16.1 Å². The van der Waals surface area contributed by atoms with Crippen LogP contribution in [0.3, 0.4) is 0 Å². The molecule has 1 saturated heterocycles. The number of nitrogens with zero attached hydrogens (tertiary/aromatic N) is 2. The summed E-state index contributed by atoms with van der Waals surface area (Å²) >= 11 is 0. The highest BCUT2D eigenvalue weighted by Crippen LogP contribution is 2.28. The van der Waals surface area contributed by atoms with E-state index in [1.54, 1.807) is 12.0 Å². The lowest BCUT2D eigenvalue weighted by Gasteiger charge is -2.27. The molecule has 1 aliphatic rings. The lowest BCUT2D eigenvalue weighted by molar-refractivity contribution is -0.129. The standard InChI is InChI=1S/C24H31N3O3/c1-17-9-11-18(12-10-17)15-27-16-19(13-23(27)28)24(29)25-14-21(26(2)3)20-7-5-6-8-22(20)30-4/h5-12,19,21H,13-16H2,1-4H3,(H,25,29). The maximum Gasteiger partial charge on any atom is 0.225 e. The van der Waals surface area contributed by atoms with Crippen molar-refractivity contribution in [3.8, 4) is 5.75 Å². The number of ether oxygens (including phenoxy) is 1. The number of para-hydroxylation sites is 1. The third kappa shape index (κ3) is 5.19. The third-order valence-electron chi connectivity index (χ3n) is 5.67. The SMILES string of the molecule is COc1ccccc1C(CNC(=O)C1CC(=O)N(Cc2ccc(C)cc2)C1)N(C)C. The predicted octanol–water partition coefficient (Wildman–Crippen LogP) is 2.77. The smallest absolute Gasteiger partial charge is 0.225 e. The molecular weight excluding hydrogens is 378 g/mol. The van der Waals surface area contributed by atoms with Crippen LogP contribution in [0.25, 0.3) is 0 Å². The van der Waals surface area contributed by atoms with Gasteiger partial charge in [0.2, 0.25) is 11.8 Å². The van der Waals surface area contributed by atoms with E-state index >= 15 is 0 Å². The summed E-state index contributed by atoms with van der Waals surface area (Å²) in [4.78, 5) is 29.1. The molecule has 6 nitrogen and oxygen atoms in total. The summed E-state index contributed by atoms with van der Waals surface area (Å²) in [5, 5.41) is 3.05. The number of hydrogen-bond donors (Lipinski definition) is 1. The molecule has 2 atom stereocenters. The normalized spacial score (nSPS) is 17.3. The molecule has 0 saturated carbocycles. The minimum Gasteiger partial charge on any atom is -0.496 e. The number of aryl methyl sites for hydroxylation is 1. The highest BCUT2D eigenvalue weighted by atomic mass is 16.5. The molecule has 2 amide bonds. The van der Waals surface area contributed by atoms with Crippen molar-refractivity contribution < 1.29 is 14.3 Å². The van der Waals surface area contributed by atoms with Gasteiger partial charge in [-0.05, 0) is 32.6 Å². The topological polar surface area (TPSA) is 61.9 Å². The van der Waals surface area contributed by atoms with Gasteiger partial charge in [0.1, 0.15) is 5.75 Å². The van der Waals surface area contributed by atoms with Crippen molar-refractivity contribution in [3.63, 3.8) is 0 Å². The molecule has 30 heavy (non-hydrogen) atoms. The van der Waals surface area contributed by atoms with E-state index in [0.717, 1.165) is 16.9 Å². The predicted molar refractivity (Wildman–Crippen MR) is 117 cm³/mol. The average Bonchev–Trinajstić information content (AvgIpc) is 3.10. The molecule has 1 aliphatic heterocycles. The number of likely N-dealkylation sites (tertiary alicyclic amines) is 1. The van der Waals surface area contributed by atoms with E-state index in [1.807, 2.05) is 69.6 Å². The number of methoxy groups -OCH3 is 1. The summed E-state index contributed by atoms with van der Waals surface area (Å²) in [6.45, 7) is 3.50. The summed E-state index contributed by atoms with van der Waals surface area (Å²) in [5.74, 6) is 0.440. The first-order valence-electron chi connectivity index (χ1n) is 10.3. The molecule has 0 bridgehead atoms. The third-order valence-corrected chi connectivity index (χ3v) is 5.67. The Balaban J connectivity index is 1.60. The van der Waals surface area contributed by atoms with Gasteiger partial charge < -0.3 is 19.9 Å². The molecule has 0 aliphatic carbocycles. The van der Waals surface area contributed by atoms with Crippen molar-refractivity contribution >= 4 is 11.8 Å². The Morgan fingerprint density at radius 2 is 1.90 bits per heavy atom. The molecule has 0 spiro atoms. The molecule has 0 aromatic heterocycles. The Morgan fingerprint density at radius 3 is 2.57 bits per heavy atom. The van der Waals surface area contributed by atoms with Crippen molar-refractivity contribution in [3.05, 3.63) is 65.2 Å². The number of nitrogens with one attached hydrogen (secondary N) is 1. The fraction of sp³-hybridized carbons (Fsp3) is 0.417. The fourth-order valence-electron chi connectivity index (χ4n) is 3.87. The molecule has 2 aromatic carbocycles. The molecule has 1 heterocycles. The number of rotatable bonds is 8. The van der Waals surface area contributed by atoms with Crippen LogP contribution in [0.4, 0.5) is 0 Å². The van der Waals surface area contributed by atoms with E-state index in [-0.39, 0.29) is 30.2 Å². The Kier molecular flexibility index (Phi) is 7.11. The zero-order chi connectivity index (χ0) is 21.7. The van der Waals surface area contributed by atoms with Crippen LogP contribution in [-0.4, -0.2) is 55.9 Å². The maximum atomic E-state index is 12.8. The van der Waals surface area contributed by atoms with E-state index < -0.39 is 0 Å². The van der Waals surface area contributed by atoms with Crippen LogP contribution in [0, 0.1) is 12.8 Å². The molecule has 2 aromatic rings. The van der Waals surface area contributed by atoms with E-state index in [0.29, 0.717) is 19.6 Å². The molecular formula is C24H31N3O3. The van der Waals surface area contributed by atoms with Crippen molar-refractivity contribution in [2.45, 2.75) is 25.9 Å². The molecule has 3 rings (SSSR count). The average molecular weight is 410 g/mol. The van der Waals surface area contributed by atoms with Crippen LogP contribution in [0.5, 0.6) is 5.75 Å². The second-order valence-electron chi connectivity index (χ2n) is 8.13. The molecule has 0 radical (unpaired) electrons. The van der Waals surface area contributed by atoms with Crippen molar-refractivity contribution in [2.24, 2.45) is 5.92 Å². The molecule has 1 N–H and O–H groups in total. The second-order valence-corrected chi connectivity index (χ2v) is 8.13. The van der Waals surface area contributed by atoms with Gasteiger partial charge >= 0.3 is 0 Å². The highest BCUT2D eigenvalue weighted by molar-refractivity contribution is 5.89. The van der Waals surface area contributed by atoms with Crippen LogP contribution in [0.2, 0.25) is 0 Å². The first-order chi connectivity index (χ1) is 14.4. The fourth-order valence-corrected chi connectivity index (χ4v) is 3.87. The molecule has 160 valence electrons. The van der Waals surface area contributed by atoms with Gasteiger partial charge in [-0.2, -0.15) is 0 Å². The number of hydrogen-bond acceptors (Lipinski definition) is 4. The zero-order valence-corrected chi connectivity index (χ0v) is 18.2. The summed E-state index contributed by atoms with van der Waals surface area (Å²) in [5.41, 5.74) is 3.29. The molecule has 1 fully saturated rings. The van der Waals surface area contributed by atoms with Gasteiger partial charge in [-0.1, -0.05) is 48.0 Å². The lowest BCUT2D eigenvalue weighted by atomic mass is 10.0. The zero-order valence-electron chi connectivity index (χ0n) is 18.2. The monoisotopic (exact) mass is 409 g/mol. The minimum atomic E-state index is -0.316. The van der Waals surface area contributed by atoms with E-state index in [9.17, 15) is 9.59 Å². The Morgan fingerprint density at radius 1 is 1.20 bits per heavy atom. The van der Waals surface area contributed by atoms with Gasteiger partial charge in [0.25, 0.3) is 0 Å². The van der Waals surface area contributed by atoms with E-state index in [4.69, 9.17) is 4.74 Å². The number of amides is 2. The van der Waals surface area contributed by atoms with Crippen molar-refractivity contribution in [2.75, 3.05) is 34.3 Å². The highest BCUT2D eigenvalue weighted by Gasteiger charge is 2.34. The van der Waals surface area contributed by atoms with Crippen LogP contribution >= 0.6 is 0 Å². The van der Waals surface area contributed by atoms with Crippen LogP contribution < -0.4 is 10.1 Å². The molecule has 6 heteroatoms. The van der Waals surface area contributed by atoms with Gasteiger partial charge in [0.05, 0.1) is 19.1 Å². The van der Waals surface area contributed by atoms with Gasteiger partial charge in [-0.15, -0.1) is 0 Å². The van der Waals surface area contributed by atoms with Crippen molar-refractivity contribution in [1.82, 2.24) is 15.1 Å². The summed E-state index contributed by atoms with van der Waals surface area (Å²) in [6, 6.07) is 16.0. The quantitative estimate of drug-likeness (QED) is 0.728. The number of carbonyl (C=O) groups excluding carboxylic acids is 2. The second kappa shape index (κ2) is 9.76. The minimum absolute atomic E-state index is 0.0223. The summed E-state index contributed by atoms with van der Waals surface area (Å²) in [6.07, 6.45) is 0.263. The first kappa shape index (κ1) is 21.8. The van der Waals surface area contributed by atoms with Gasteiger partial charge in [-0.3, -0.25) is 9.59 Å².